The van der Waals surface area contributed by atoms with E-state index in [-0.39, 0.29) is 6.04 Å². The first kappa shape index (κ1) is 18.4. The molecule has 1 unspecified atom stereocenters. The van der Waals surface area contributed by atoms with Crippen LogP contribution in [-0.4, -0.2) is 31.1 Å². The highest BCUT2D eigenvalue weighted by Crippen LogP contribution is 2.25. The van der Waals surface area contributed by atoms with E-state index in [1.165, 1.54) is 0 Å². The van der Waals surface area contributed by atoms with Crippen molar-refractivity contribution in [1.29, 1.82) is 0 Å². The Labute approximate surface area is 152 Å². The molecule has 0 radical (unpaired) electrons. The van der Waals surface area contributed by atoms with Crippen LogP contribution in [0.4, 0.5) is 0 Å². The lowest BCUT2D eigenvalue weighted by molar-refractivity contribution is 0.320. The van der Waals surface area contributed by atoms with Crippen molar-refractivity contribution in [3.05, 3.63) is 58.3 Å². The molecular formula is C17H20Cl2N4O. The normalized spacial score (nSPS) is 12.6. The Hall–Kier alpha value is -1.98. The molecule has 1 aromatic heterocycles. The number of aliphatic imine (C=N–C) groups is 1. The predicted molar refractivity (Wildman–Crippen MR) is 99.1 cm³/mol. The van der Waals surface area contributed by atoms with E-state index in [0.29, 0.717) is 29.2 Å². The van der Waals surface area contributed by atoms with Gasteiger partial charge < -0.3 is 15.4 Å². The molecule has 2 aromatic rings. The molecule has 5 nitrogen and oxygen atoms in total. The lowest BCUT2D eigenvalue weighted by Gasteiger charge is -2.19. The highest BCUT2D eigenvalue weighted by atomic mass is 35.5. The van der Waals surface area contributed by atoms with Crippen LogP contribution in [0.1, 0.15) is 18.5 Å². The van der Waals surface area contributed by atoms with Gasteiger partial charge in [-0.05, 0) is 36.8 Å². The summed E-state index contributed by atoms with van der Waals surface area (Å²) in [7, 11) is 1.72. The van der Waals surface area contributed by atoms with Gasteiger partial charge in [0.25, 0.3) is 0 Å². The summed E-state index contributed by atoms with van der Waals surface area (Å²) in [6, 6.07) is 9.14. The fraction of sp³-hybridized carbons (Fsp3) is 0.294. The smallest absolute Gasteiger partial charge is 0.191 e. The number of nitrogens with one attached hydrogen (secondary N) is 2. The first-order chi connectivity index (χ1) is 11.6. The van der Waals surface area contributed by atoms with Gasteiger partial charge >= 0.3 is 0 Å². The Morgan fingerprint density at radius 2 is 2.17 bits per heavy atom. The largest absolute Gasteiger partial charge is 0.490 e. The Bertz CT molecular complexity index is 680. The van der Waals surface area contributed by atoms with Crippen molar-refractivity contribution in [1.82, 2.24) is 15.6 Å². The van der Waals surface area contributed by atoms with Crippen LogP contribution < -0.4 is 15.4 Å². The summed E-state index contributed by atoms with van der Waals surface area (Å²) in [5.41, 5.74) is 0.954. The molecule has 0 aliphatic rings. The molecule has 1 heterocycles. The number of halogens is 2. The molecule has 128 valence electrons. The topological polar surface area (TPSA) is 58.5 Å². The summed E-state index contributed by atoms with van der Waals surface area (Å²) in [6.07, 6.45) is 3.39. The molecular weight excluding hydrogens is 347 g/mol. The molecule has 2 rings (SSSR count). The van der Waals surface area contributed by atoms with E-state index >= 15 is 0 Å². The fourth-order valence-corrected chi connectivity index (χ4v) is 2.67. The van der Waals surface area contributed by atoms with Crippen LogP contribution in [-0.2, 0) is 0 Å². The first-order valence-corrected chi connectivity index (χ1v) is 8.30. The lowest BCUT2D eigenvalue weighted by atomic mass is 10.1. The van der Waals surface area contributed by atoms with Crippen molar-refractivity contribution in [2.75, 3.05) is 20.2 Å². The highest BCUT2D eigenvalue weighted by molar-refractivity contribution is 6.35. The maximum atomic E-state index is 6.24. The number of hydrogen-bond acceptors (Lipinski definition) is 3. The number of pyridine rings is 1. The highest BCUT2D eigenvalue weighted by Gasteiger charge is 2.11. The molecule has 1 aromatic carbocycles. The third-order valence-corrected chi connectivity index (χ3v) is 3.87. The number of aromatic nitrogens is 1. The first-order valence-electron chi connectivity index (χ1n) is 7.55. The Morgan fingerprint density at radius 3 is 2.83 bits per heavy atom. The summed E-state index contributed by atoms with van der Waals surface area (Å²) >= 11 is 12.2. The molecule has 0 fully saturated rings. The van der Waals surface area contributed by atoms with Gasteiger partial charge in [-0.3, -0.25) is 9.98 Å². The van der Waals surface area contributed by atoms with Crippen molar-refractivity contribution in [3.8, 4) is 5.75 Å². The molecule has 2 N–H and O–H groups in total. The van der Waals surface area contributed by atoms with Gasteiger partial charge in [0.2, 0.25) is 0 Å². The van der Waals surface area contributed by atoms with Crippen molar-refractivity contribution in [2.24, 2.45) is 4.99 Å². The van der Waals surface area contributed by atoms with E-state index in [9.17, 15) is 0 Å². The quantitative estimate of drug-likeness (QED) is 0.465. The second kappa shape index (κ2) is 9.35. The average molecular weight is 367 g/mol. The number of hydrogen-bond donors (Lipinski definition) is 2. The standard InChI is InChI=1S/C17H20Cl2N4O/c1-12(15-6-5-13(18)10-16(15)19)23-17(20-2)22-8-9-24-14-4-3-7-21-11-14/h3-7,10-12H,8-9H2,1-2H3,(H2,20,22,23). The van der Waals surface area contributed by atoms with Gasteiger partial charge in [-0.15, -0.1) is 0 Å². The van der Waals surface area contributed by atoms with Crippen LogP contribution in [0.15, 0.2) is 47.7 Å². The molecule has 0 aliphatic heterocycles. The van der Waals surface area contributed by atoms with Crippen molar-refractivity contribution in [3.63, 3.8) is 0 Å². The molecule has 7 heteroatoms. The van der Waals surface area contributed by atoms with Gasteiger partial charge in [-0.1, -0.05) is 29.3 Å². The molecule has 0 spiro atoms. The Morgan fingerprint density at radius 1 is 1.33 bits per heavy atom. The van der Waals surface area contributed by atoms with Crippen LogP contribution in [0.2, 0.25) is 10.0 Å². The third kappa shape index (κ3) is 5.58. The zero-order valence-electron chi connectivity index (χ0n) is 13.6. The summed E-state index contributed by atoms with van der Waals surface area (Å²) in [4.78, 5) is 8.20. The van der Waals surface area contributed by atoms with Gasteiger partial charge in [-0.2, -0.15) is 0 Å². The van der Waals surface area contributed by atoms with Crippen LogP contribution in [0.5, 0.6) is 5.75 Å². The fourth-order valence-electron chi connectivity index (χ4n) is 2.10. The lowest BCUT2D eigenvalue weighted by Crippen LogP contribution is -2.40. The van der Waals surface area contributed by atoms with E-state index in [2.05, 4.69) is 20.6 Å². The predicted octanol–water partition coefficient (Wildman–Crippen LogP) is 3.69. The zero-order valence-corrected chi connectivity index (χ0v) is 15.1. The molecule has 24 heavy (non-hydrogen) atoms. The number of rotatable bonds is 6. The zero-order chi connectivity index (χ0) is 17.4. The van der Waals surface area contributed by atoms with Crippen LogP contribution in [0, 0.1) is 0 Å². The molecule has 0 aliphatic carbocycles. The van der Waals surface area contributed by atoms with E-state index in [4.69, 9.17) is 27.9 Å². The van der Waals surface area contributed by atoms with Crippen LogP contribution in [0.25, 0.3) is 0 Å². The molecule has 0 amide bonds. The van der Waals surface area contributed by atoms with Crippen LogP contribution in [0.3, 0.4) is 0 Å². The maximum Gasteiger partial charge on any atom is 0.191 e. The van der Waals surface area contributed by atoms with E-state index in [1.807, 2.05) is 31.2 Å². The SMILES string of the molecule is CN=C(NCCOc1cccnc1)NC(C)c1ccc(Cl)cc1Cl. The van der Waals surface area contributed by atoms with Crippen molar-refractivity contribution >= 4 is 29.2 Å². The van der Waals surface area contributed by atoms with Gasteiger partial charge in [0.1, 0.15) is 12.4 Å². The minimum absolute atomic E-state index is 0.0137. The number of benzene rings is 1. The molecule has 0 saturated carbocycles. The number of guanidine groups is 1. The van der Waals surface area contributed by atoms with E-state index < -0.39 is 0 Å². The second-order valence-corrected chi connectivity index (χ2v) is 5.91. The summed E-state index contributed by atoms with van der Waals surface area (Å²) in [5, 5.41) is 7.72. The molecule has 0 bridgehead atoms. The Kier molecular flexibility index (Phi) is 7.15. The number of ether oxygens (including phenoxy) is 1. The molecule has 0 saturated heterocycles. The van der Waals surface area contributed by atoms with Gasteiger partial charge in [0, 0.05) is 23.3 Å². The maximum absolute atomic E-state index is 6.24. The van der Waals surface area contributed by atoms with Gasteiger partial charge in [0.05, 0.1) is 18.8 Å². The monoisotopic (exact) mass is 366 g/mol. The van der Waals surface area contributed by atoms with E-state index in [0.717, 1.165) is 11.3 Å². The summed E-state index contributed by atoms with van der Waals surface area (Å²) in [5.74, 6) is 1.41. The van der Waals surface area contributed by atoms with Crippen LogP contribution >= 0.6 is 23.2 Å². The number of nitrogens with zero attached hydrogens (tertiary/aromatic N) is 2. The molecule has 1 atom stereocenters. The minimum atomic E-state index is -0.0137. The van der Waals surface area contributed by atoms with Gasteiger partial charge in [-0.25, -0.2) is 0 Å². The third-order valence-electron chi connectivity index (χ3n) is 3.30. The minimum Gasteiger partial charge on any atom is -0.490 e. The summed E-state index contributed by atoms with van der Waals surface area (Å²) < 4.78 is 5.58. The Balaban J connectivity index is 1.81. The average Bonchev–Trinajstić information content (AvgIpc) is 2.58. The summed E-state index contributed by atoms with van der Waals surface area (Å²) in [6.45, 7) is 3.12. The van der Waals surface area contributed by atoms with Gasteiger partial charge in [0.15, 0.2) is 5.96 Å². The van der Waals surface area contributed by atoms with Crippen molar-refractivity contribution in [2.45, 2.75) is 13.0 Å². The van der Waals surface area contributed by atoms with Crippen molar-refractivity contribution < 1.29 is 4.74 Å². The second-order valence-electron chi connectivity index (χ2n) is 5.07. The van der Waals surface area contributed by atoms with E-state index in [1.54, 1.807) is 25.5 Å².